The molecule has 0 bridgehead atoms. The summed E-state index contributed by atoms with van der Waals surface area (Å²) in [6.07, 6.45) is 0. The van der Waals surface area contributed by atoms with Crippen LogP contribution in [0, 0.1) is 6.92 Å². The molecule has 0 radical (unpaired) electrons. The van der Waals surface area contributed by atoms with Crippen LogP contribution in [0.1, 0.15) is 17.1 Å². The van der Waals surface area contributed by atoms with Gasteiger partial charge in [-0.05, 0) is 6.92 Å². The van der Waals surface area contributed by atoms with Crippen molar-refractivity contribution in [2.45, 2.75) is 20.1 Å². The molecule has 2 heterocycles. The fraction of sp³-hybridized carbons (Fsp3) is 0.429. The fourth-order valence-electron chi connectivity index (χ4n) is 1.20. The zero-order valence-electron chi connectivity index (χ0n) is 6.29. The van der Waals surface area contributed by atoms with Gasteiger partial charge in [-0.2, -0.15) is 0 Å². The van der Waals surface area contributed by atoms with Gasteiger partial charge in [0.25, 0.3) is 0 Å². The second kappa shape index (κ2) is 2.17. The summed E-state index contributed by atoms with van der Waals surface area (Å²) >= 11 is 0. The molecule has 0 amide bonds. The monoisotopic (exact) mass is 151 g/mol. The van der Waals surface area contributed by atoms with E-state index in [2.05, 4.69) is 9.97 Å². The Morgan fingerprint density at radius 3 is 3.00 bits per heavy atom. The molecule has 2 rings (SSSR count). The third-order valence-electron chi connectivity index (χ3n) is 1.72. The van der Waals surface area contributed by atoms with Crippen LogP contribution < -0.4 is 5.73 Å². The Morgan fingerprint density at radius 1 is 1.36 bits per heavy atom. The number of aromatic nitrogens is 2. The fourth-order valence-corrected chi connectivity index (χ4v) is 1.20. The zero-order valence-corrected chi connectivity index (χ0v) is 6.29. The number of nitrogens with zero attached hydrogens (tertiary/aromatic N) is 2. The van der Waals surface area contributed by atoms with Crippen LogP contribution in [0.2, 0.25) is 0 Å². The van der Waals surface area contributed by atoms with Crippen molar-refractivity contribution < 1.29 is 4.74 Å². The van der Waals surface area contributed by atoms with Gasteiger partial charge < -0.3 is 10.5 Å². The molecule has 4 heteroatoms. The summed E-state index contributed by atoms with van der Waals surface area (Å²) < 4.78 is 5.17. The molecule has 58 valence electrons. The standard InChI is InChI=1S/C7H9N3O/c1-4-9-6-3-11-2-5(6)7(8)10-4/h2-3H2,1H3,(H2,8,9,10). The number of hydrogen-bond donors (Lipinski definition) is 1. The van der Waals surface area contributed by atoms with Gasteiger partial charge >= 0.3 is 0 Å². The van der Waals surface area contributed by atoms with Gasteiger partial charge in [0.1, 0.15) is 11.6 Å². The molecule has 2 N–H and O–H groups in total. The third-order valence-corrected chi connectivity index (χ3v) is 1.72. The van der Waals surface area contributed by atoms with Crippen molar-refractivity contribution in [1.29, 1.82) is 0 Å². The lowest BCUT2D eigenvalue weighted by molar-refractivity contribution is 0.133. The highest BCUT2D eigenvalue weighted by molar-refractivity contribution is 5.42. The second-order valence-corrected chi connectivity index (χ2v) is 2.57. The number of fused-ring (bicyclic) bond motifs is 1. The van der Waals surface area contributed by atoms with Gasteiger partial charge in [0.15, 0.2) is 0 Å². The van der Waals surface area contributed by atoms with Gasteiger partial charge in [-0.3, -0.25) is 0 Å². The van der Waals surface area contributed by atoms with Crippen molar-refractivity contribution in [2.75, 3.05) is 5.73 Å². The van der Waals surface area contributed by atoms with Crippen molar-refractivity contribution >= 4 is 5.82 Å². The van der Waals surface area contributed by atoms with E-state index in [1.165, 1.54) is 0 Å². The molecule has 1 aromatic heterocycles. The number of rotatable bonds is 0. The minimum atomic E-state index is 0.557. The molecule has 0 atom stereocenters. The third kappa shape index (κ3) is 0.952. The van der Waals surface area contributed by atoms with Crippen LogP contribution >= 0.6 is 0 Å². The minimum Gasteiger partial charge on any atom is -0.383 e. The van der Waals surface area contributed by atoms with E-state index in [1.807, 2.05) is 6.92 Å². The maximum Gasteiger partial charge on any atom is 0.133 e. The molecule has 1 aromatic rings. The Labute approximate surface area is 64.4 Å². The second-order valence-electron chi connectivity index (χ2n) is 2.57. The number of nitrogen functional groups attached to an aromatic ring is 1. The van der Waals surface area contributed by atoms with E-state index in [4.69, 9.17) is 10.5 Å². The lowest BCUT2D eigenvalue weighted by Crippen LogP contribution is -2.02. The average Bonchev–Trinajstić information content (AvgIpc) is 2.34. The van der Waals surface area contributed by atoms with Crippen LogP contribution in [0.15, 0.2) is 0 Å². The molecule has 0 aliphatic carbocycles. The van der Waals surface area contributed by atoms with Gasteiger partial charge in [0.05, 0.1) is 18.9 Å². The maximum atomic E-state index is 5.64. The molecular formula is C7H9N3O. The summed E-state index contributed by atoms with van der Waals surface area (Å²) in [6, 6.07) is 0. The van der Waals surface area contributed by atoms with Crippen molar-refractivity contribution in [3.63, 3.8) is 0 Å². The molecule has 4 nitrogen and oxygen atoms in total. The molecule has 1 aliphatic rings. The van der Waals surface area contributed by atoms with E-state index in [1.54, 1.807) is 0 Å². The zero-order chi connectivity index (χ0) is 7.84. The molecule has 11 heavy (non-hydrogen) atoms. The lowest BCUT2D eigenvalue weighted by Gasteiger charge is -2.00. The molecular weight excluding hydrogens is 142 g/mol. The van der Waals surface area contributed by atoms with Crippen LogP contribution in [0.4, 0.5) is 5.82 Å². The molecule has 0 saturated carbocycles. The van der Waals surface area contributed by atoms with Gasteiger partial charge in [-0.25, -0.2) is 9.97 Å². The van der Waals surface area contributed by atoms with Crippen LogP contribution in [-0.2, 0) is 18.0 Å². The molecule has 0 spiro atoms. The minimum absolute atomic E-state index is 0.557. The van der Waals surface area contributed by atoms with Gasteiger partial charge in [-0.15, -0.1) is 0 Å². The van der Waals surface area contributed by atoms with Crippen LogP contribution in [0.5, 0.6) is 0 Å². The Hall–Kier alpha value is -1.16. The topological polar surface area (TPSA) is 61.0 Å². The SMILES string of the molecule is Cc1nc(N)c2c(n1)COC2. The molecule has 0 aromatic carbocycles. The van der Waals surface area contributed by atoms with E-state index in [0.29, 0.717) is 24.9 Å². The molecule has 0 saturated heterocycles. The number of aryl methyl sites for hydroxylation is 1. The summed E-state index contributed by atoms with van der Waals surface area (Å²) in [5.41, 5.74) is 7.54. The predicted octanol–water partition coefficient (Wildman–Crippen LogP) is 0.397. The van der Waals surface area contributed by atoms with Crippen LogP contribution in [0.25, 0.3) is 0 Å². The van der Waals surface area contributed by atoms with Gasteiger partial charge in [-0.1, -0.05) is 0 Å². The average molecular weight is 151 g/mol. The summed E-state index contributed by atoms with van der Waals surface area (Å²) in [6.45, 7) is 2.96. The van der Waals surface area contributed by atoms with Crippen molar-refractivity contribution in [3.05, 3.63) is 17.1 Å². The largest absolute Gasteiger partial charge is 0.383 e. The van der Waals surface area contributed by atoms with Crippen molar-refractivity contribution in [1.82, 2.24) is 9.97 Å². The lowest BCUT2D eigenvalue weighted by atomic mass is 10.2. The van der Waals surface area contributed by atoms with E-state index < -0.39 is 0 Å². The van der Waals surface area contributed by atoms with E-state index >= 15 is 0 Å². The first kappa shape index (κ1) is 6.54. The highest BCUT2D eigenvalue weighted by atomic mass is 16.5. The smallest absolute Gasteiger partial charge is 0.133 e. The van der Waals surface area contributed by atoms with E-state index in [0.717, 1.165) is 11.3 Å². The normalized spacial score (nSPS) is 15.0. The predicted molar refractivity (Wildman–Crippen MR) is 39.7 cm³/mol. The number of anilines is 1. The number of ether oxygens (including phenoxy) is 1. The van der Waals surface area contributed by atoms with Gasteiger partial charge in [0, 0.05) is 5.56 Å². The first-order chi connectivity index (χ1) is 5.27. The van der Waals surface area contributed by atoms with E-state index in [9.17, 15) is 0 Å². The van der Waals surface area contributed by atoms with Crippen LogP contribution in [-0.4, -0.2) is 9.97 Å². The van der Waals surface area contributed by atoms with E-state index in [-0.39, 0.29) is 0 Å². The highest BCUT2D eigenvalue weighted by Gasteiger charge is 2.16. The highest BCUT2D eigenvalue weighted by Crippen LogP contribution is 2.21. The Kier molecular flexibility index (Phi) is 1.29. The Bertz CT molecular complexity index is 298. The maximum absolute atomic E-state index is 5.64. The summed E-state index contributed by atoms with van der Waals surface area (Å²) in [4.78, 5) is 8.23. The quantitative estimate of drug-likeness (QED) is 0.583. The summed E-state index contributed by atoms with van der Waals surface area (Å²) in [7, 11) is 0. The molecule has 0 fully saturated rings. The number of hydrogen-bond acceptors (Lipinski definition) is 4. The van der Waals surface area contributed by atoms with Crippen molar-refractivity contribution in [2.24, 2.45) is 0 Å². The Balaban J connectivity index is 2.60. The number of nitrogens with two attached hydrogens (primary N) is 1. The summed E-state index contributed by atoms with van der Waals surface area (Å²) in [5.74, 6) is 1.27. The van der Waals surface area contributed by atoms with Gasteiger partial charge in [0.2, 0.25) is 0 Å². The summed E-state index contributed by atoms with van der Waals surface area (Å²) in [5, 5.41) is 0. The first-order valence-corrected chi connectivity index (χ1v) is 3.47. The van der Waals surface area contributed by atoms with Crippen molar-refractivity contribution in [3.8, 4) is 0 Å². The first-order valence-electron chi connectivity index (χ1n) is 3.47. The Morgan fingerprint density at radius 2 is 2.18 bits per heavy atom. The molecule has 0 unspecified atom stereocenters. The molecule has 1 aliphatic heterocycles. The van der Waals surface area contributed by atoms with Crippen LogP contribution in [0.3, 0.4) is 0 Å².